The third-order valence-corrected chi connectivity index (χ3v) is 2.51. The number of alkyl halides is 1. The molecule has 0 aliphatic rings. The number of aliphatic hydroxyl groups is 1. The molecule has 3 heteroatoms. The van der Waals surface area contributed by atoms with E-state index in [1.165, 1.54) is 0 Å². The summed E-state index contributed by atoms with van der Waals surface area (Å²) in [5.74, 6) is 0. The van der Waals surface area contributed by atoms with Gasteiger partial charge in [-0.3, -0.25) is 0 Å². The second-order valence-corrected chi connectivity index (χ2v) is 3.41. The number of nitrogens with zero attached hydrogens (tertiary/aromatic N) is 1. The van der Waals surface area contributed by atoms with E-state index in [2.05, 4.69) is 41.3 Å². The van der Waals surface area contributed by atoms with Crippen molar-refractivity contribution in [2.24, 2.45) is 0 Å². The third kappa shape index (κ3) is 5.82. The fourth-order valence-corrected chi connectivity index (χ4v) is 1.51. The van der Waals surface area contributed by atoms with Gasteiger partial charge in [0, 0.05) is 6.54 Å². The van der Waals surface area contributed by atoms with Gasteiger partial charge in [0.25, 0.3) is 0 Å². The van der Waals surface area contributed by atoms with Crippen LogP contribution in [-0.4, -0.2) is 34.6 Å². The highest BCUT2D eigenvalue weighted by molar-refractivity contribution is 14.1. The highest BCUT2D eigenvalue weighted by atomic mass is 127. The smallest absolute Gasteiger partial charge is 0.0916 e. The van der Waals surface area contributed by atoms with Crippen molar-refractivity contribution in [1.29, 1.82) is 0 Å². The summed E-state index contributed by atoms with van der Waals surface area (Å²) in [6.07, 6.45) is -0.365. The van der Waals surface area contributed by atoms with Crippen molar-refractivity contribution in [2.75, 3.05) is 24.6 Å². The minimum absolute atomic E-state index is 0.365. The molecule has 1 aromatic rings. The van der Waals surface area contributed by atoms with Crippen LogP contribution in [0.3, 0.4) is 0 Å². The highest BCUT2D eigenvalue weighted by Crippen LogP contribution is 2.13. The van der Waals surface area contributed by atoms with E-state index in [4.69, 9.17) is 0 Å². The maximum atomic E-state index is 9.91. The van der Waals surface area contributed by atoms with Gasteiger partial charge >= 0.3 is 0 Å². The van der Waals surface area contributed by atoms with Crippen LogP contribution >= 0.6 is 22.6 Å². The van der Waals surface area contributed by atoms with E-state index < -0.39 is 0 Å². The average Bonchev–Trinajstić information content (AvgIpc) is 2.39. The lowest BCUT2D eigenvalue weighted by Crippen LogP contribution is -2.28. The lowest BCUT2D eigenvalue weighted by atomic mass is 10.1. The number of likely N-dealkylation sites (N-methyl/N-ethyl adjacent to an activating group) is 1. The fraction of sp³-hybridized carbons (Fsp3) is 0.538. The van der Waals surface area contributed by atoms with Crippen molar-refractivity contribution in [2.45, 2.75) is 20.0 Å². The Hall–Kier alpha value is -0.130. The van der Waals surface area contributed by atoms with Crippen molar-refractivity contribution in [3.05, 3.63) is 35.9 Å². The van der Waals surface area contributed by atoms with Crippen molar-refractivity contribution >= 4 is 22.6 Å². The van der Waals surface area contributed by atoms with Gasteiger partial charge < -0.3 is 10.0 Å². The molecular weight excluding hydrogens is 313 g/mol. The van der Waals surface area contributed by atoms with Gasteiger partial charge in [0.1, 0.15) is 0 Å². The average molecular weight is 335 g/mol. The molecule has 0 amide bonds. The van der Waals surface area contributed by atoms with Crippen molar-refractivity contribution in [3.63, 3.8) is 0 Å². The number of aliphatic hydroxyl groups excluding tert-OH is 1. The normalized spacial score (nSPS) is 11.9. The highest BCUT2D eigenvalue weighted by Gasteiger charge is 2.09. The molecule has 0 spiro atoms. The lowest BCUT2D eigenvalue weighted by molar-refractivity contribution is 0.119. The first kappa shape index (κ1) is 15.9. The number of rotatable bonds is 5. The molecule has 0 radical (unpaired) electrons. The Balaban J connectivity index is 0.00000106. The number of halogens is 1. The molecule has 1 unspecified atom stereocenters. The minimum Gasteiger partial charge on any atom is -0.387 e. The summed E-state index contributed by atoms with van der Waals surface area (Å²) in [4.78, 5) is 4.19. The second kappa shape index (κ2) is 10.1. The van der Waals surface area contributed by atoms with Crippen LogP contribution in [0.4, 0.5) is 0 Å². The van der Waals surface area contributed by atoms with Gasteiger partial charge in [0.15, 0.2) is 0 Å². The molecule has 0 bridgehead atoms. The summed E-state index contributed by atoms with van der Waals surface area (Å²) >= 11 is 2.15. The predicted octanol–water partition coefficient (Wildman–Crippen LogP) is 3.11. The molecule has 0 fully saturated rings. The second-order valence-electron chi connectivity index (χ2n) is 3.41. The zero-order valence-electron chi connectivity index (χ0n) is 10.4. The Morgan fingerprint density at radius 2 is 1.62 bits per heavy atom. The van der Waals surface area contributed by atoms with Crippen molar-refractivity contribution in [1.82, 2.24) is 4.90 Å². The van der Waals surface area contributed by atoms with Gasteiger partial charge in [-0.05, 0) is 23.6 Å². The van der Waals surface area contributed by atoms with E-state index in [0.29, 0.717) is 0 Å². The maximum absolute atomic E-state index is 9.91. The Bertz CT molecular complexity index is 249. The molecule has 2 nitrogen and oxygen atoms in total. The molecule has 92 valence electrons. The van der Waals surface area contributed by atoms with E-state index in [1.807, 2.05) is 35.3 Å². The van der Waals surface area contributed by atoms with Gasteiger partial charge in [-0.2, -0.15) is 0 Å². The summed E-state index contributed by atoms with van der Waals surface area (Å²) in [5.41, 5.74) is 0.999. The van der Waals surface area contributed by atoms with Gasteiger partial charge in [-0.15, -0.1) is 0 Å². The molecule has 1 rings (SSSR count). The van der Waals surface area contributed by atoms with E-state index in [-0.39, 0.29) is 6.10 Å². The molecule has 0 aliphatic heterocycles. The molecule has 0 aromatic heterocycles. The zero-order valence-corrected chi connectivity index (χ0v) is 12.5. The minimum atomic E-state index is -0.365. The molecule has 16 heavy (non-hydrogen) atoms. The molecule has 1 atom stereocenters. The monoisotopic (exact) mass is 335 g/mol. The molecule has 0 saturated heterocycles. The van der Waals surface area contributed by atoms with Crippen molar-refractivity contribution in [3.8, 4) is 0 Å². The van der Waals surface area contributed by atoms with Crippen molar-refractivity contribution < 1.29 is 5.11 Å². The third-order valence-electron chi connectivity index (χ3n) is 2.51. The van der Waals surface area contributed by atoms with Crippen LogP contribution in [0.1, 0.15) is 25.5 Å². The van der Waals surface area contributed by atoms with Crippen LogP contribution in [0, 0.1) is 0 Å². The molecule has 0 heterocycles. The van der Waals surface area contributed by atoms with Crippen LogP contribution in [0.15, 0.2) is 30.3 Å². The maximum Gasteiger partial charge on any atom is 0.0916 e. The fourth-order valence-electron chi connectivity index (χ4n) is 1.51. The first-order chi connectivity index (χ1) is 7.77. The van der Waals surface area contributed by atoms with Gasteiger partial charge in [-0.1, -0.05) is 66.8 Å². The molecular formula is C13H22INO. The molecule has 0 aliphatic carbocycles. The largest absolute Gasteiger partial charge is 0.387 e. The van der Waals surface area contributed by atoms with Gasteiger partial charge in [0.05, 0.1) is 6.10 Å². The summed E-state index contributed by atoms with van der Waals surface area (Å²) in [7, 11) is 0. The van der Waals surface area contributed by atoms with Crippen LogP contribution in [0.5, 0.6) is 0 Å². The quantitative estimate of drug-likeness (QED) is 0.660. The van der Waals surface area contributed by atoms with E-state index in [1.54, 1.807) is 0 Å². The first-order valence-corrected chi connectivity index (χ1v) is 7.76. The number of hydrogen-bond acceptors (Lipinski definition) is 2. The van der Waals surface area contributed by atoms with Crippen LogP contribution < -0.4 is 0 Å². The molecule has 0 saturated carbocycles. The first-order valence-electron chi connectivity index (χ1n) is 5.61. The van der Waals surface area contributed by atoms with Gasteiger partial charge in [0.2, 0.25) is 0 Å². The SMILES string of the molecule is CCN(CC)CC(O)c1ccccc1.CI. The van der Waals surface area contributed by atoms with Crippen LogP contribution in [0.2, 0.25) is 0 Å². The molecule has 1 aromatic carbocycles. The summed E-state index contributed by atoms with van der Waals surface area (Å²) in [6, 6.07) is 9.82. The van der Waals surface area contributed by atoms with E-state index in [0.717, 1.165) is 25.2 Å². The predicted molar refractivity (Wildman–Crippen MR) is 79.1 cm³/mol. The molecule has 1 N–H and O–H groups in total. The zero-order chi connectivity index (χ0) is 12.4. The Morgan fingerprint density at radius 3 is 2.06 bits per heavy atom. The lowest BCUT2D eigenvalue weighted by Gasteiger charge is -2.21. The van der Waals surface area contributed by atoms with Crippen LogP contribution in [0.25, 0.3) is 0 Å². The Labute approximate surface area is 113 Å². The van der Waals surface area contributed by atoms with Gasteiger partial charge in [-0.25, -0.2) is 0 Å². The van der Waals surface area contributed by atoms with E-state index >= 15 is 0 Å². The van der Waals surface area contributed by atoms with E-state index in [9.17, 15) is 5.11 Å². The summed E-state index contributed by atoms with van der Waals surface area (Å²) in [6.45, 7) is 6.92. The summed E-state index contributed by atoms with van der Waals surface area (Å²) < 4.78 is 0. The standard InChI is InChI=1S/C12H19NO.CH3I/c1-3-13(4-2)10-12(14)11-8-6-5-7-9-11;1-2/h5-9,12,14H,3-4,10H2,1-2H3;1H3. The Kier molecular flexibility index (Phi) is 9.97. The topological polar surface area (TPSA) is 23.5 Å². The number of benzene rings is 1. The van der Waals surface area contributed by atoms with Crippen LogP contribution in [-0.2, 0) is 0 Å². The Morgan fingerprint density at radius 1 is 1.12 bits per heavy atom. The number of hydrogen-bond donors (Lipinski definition) is 1. The summed E-state index contributed by atoms with van der Waals surface area (Å²) in [5, 5.41) is 9.91.